The average molecular weight is 290 g/mol. The highest BCUT2D eigenvalue weighted by atomic mass is 32.2. The fourth-order valence-corrected chi connectivity index (χ4v) is 2.41. The molecular weight excluding hydrogens is 275 g/mol. The van der Waals surface area contributed by atoms with Crippen LogP contribution in [0.1, 0.15) is 5.56 Å². The number of rotatable bonds is 5. The van der Waals surface area contributed by atoms with Gasteiger partial charge in [0, 0.05) is 11.4 Å². The molecule has 0 aliphatic carbocycles. The number of nitrogens with one attached hydrogen (secondary N) is 1. The molecule has 104 valence electrons. The molecule has 0 aliphatic rings. The van der Waals surface area contributed by atoms with Crippen molar-refractivity contribution in [2.24, 2.45) is 0 Å². The van der Waals surface area contributed by atoms with Gasteiger partial charge in [0.2, 0.25) is 5.91 Å². The second-order valence-electron chi connectivity index (χ2n) is 4.26. The van der Waals surface area contributed by atoms with Crippen molar-refractivity contribution in [3.63, 3.8) is 0 Å². The van der Waals surface area contributed by atoms with Crippen molar-refractivity contribution in [2.75, 3.05) is 16.8 Å². The van der Waals surface area contributed by atoms with Crippen LogP contribution in [0.5, 0.6) is 0 Å². The minimum atomic E-state index is -0.426. The quantitative estimate of drug-likeness (QED) is 0.831. The van der Waals surface area contributed by atoms with Crippen LogP contribution in [0.3, 0.4) is 0 Å². The normalized spacial score (nSPS) is 10.2. The first-order chi connectivity index (χ1) is 9.65. The van der Waals surface area contributed by atoms with Crippen LogP contribution in [0.15, 0.2) is 48.5 Å². The van der Waals surface area contributed by atoms with Crippen LogP contribution < -0.4 is 11.1 Å². The fraction of sp³-hybridized carbons (Fsp3) is 0.133. The third-order valence-corrected chi connectivity index (χ3v) is 3.63. The minimum Gasteiger partial charge on any atom is -0.399 e. The number of benzene rings is 2. The third kappa shape index (κ3) is 4.28. The third-order valence-electron chi connectivity index (χ3n) is 2.63. The van der Waals surface area contributed by atoms with Gasteiger partial charge in [-0.1, -0.05) is 24.3 Å². The monoisotopic (exact) mass is 290 g/mol. The van der Waals surface area contributed by atoms with Gasteiger partial charge < -0.3 is 11.1 Å². The van der Waals surface area contributed by atoms with Gasteiger partial charge in [-0.15, -0.1) is 11.8 Å². The fourth-order valence-electron chi connectivity index (χ4n) is 1.62. The maximum atomic E-state index is 13.3. The summed E-state index contributed by atoms with van der Waals surface area (Å²) in [7, 11) is 0. The number of hydrogen-bond donors (Lipinski definition) is 2. The molecule has 0 aliphatic heterocycles. The van der Waals surface area contributed by atoms with Crippen molar-refractivity contribution in [1.82, 2.24) is 0 Å². The number of carbonyl (C=O) groups excluding carboxylic acids is 1. The maximum absolute atomic E-state index is 13.3. The molecule has 0 bridgehead atoms. The molecule has 2 aromatic rings. The summed E-state index contributed by atoms with van der Waals surface area (Å²) in [5.74, 6) is 0.351. The Morgan fingerprint density at radius 3 is 2.55 bits per heavy atom. The Labute approximate surface area is 121 Å². The number of nitrogens with two attached hydrogens (primary N) is 1. The molecule has 0 heterocycles. The zero-order chi connectivity index (χ0) is 14.4. The van der Waals surface area contributed by atoms with E-state index in [1.165, 1.54) is 23.9 Å². The van der Waals surface area contributed by atoms with Crippen molar-refractivity contribution >= 4 is 29.0 Å². The van der Waals surface area contributed by atoms with Crippen LogP contribution in [-0.4, -0.2) is 11.7 Å². The number of amides is 1. The second kappa shape index (κ2) is 6.96. The molecule has 0 spiro atoms. The molecule has 2 rings (SSSR count). The minimum absolute atomic E-state index is 0.212. The molecule has 0 radical (unpaired) electrons. The van der Waals surface area contributed by atoms with Crippen LogP contribution in [0.25, 0.3) is 0 Å². The Hall–Kier alpha value is -2.01. The zero-order valence-corrected chi connectivity index (χ0v) is 11.6. The highest BCUT2D eigenvalue weighted by molar-refractivity contribution is 7.99. The number of carbonyl (C=O) groups is 1. The molecule has 0 aromatic heterocycles. The predicted molar refractivity (Wildman–Crippen MR) is 82.0 cm³/mol. The van der Waals surface area contributed by atoms with Gasteiger partial charge in [0.15, 0.2) is 0 Å². The van der Waals surface area contributed by atoms with E-state index in [0.29, 0.717) is 5.75 Å². The molecule has 5 heteroatoms. The molecule has 0 saturated carbocycles. The van der Waals surface area contributed by atoms with Gasteiger partial charge in [-0.3, -0.25) is 4.79 Å². The van der Waals surface area contributed by atoms with Crippen molar-refractivity contribution in [1.29, 1.82) is 0 Å². The number of anilines is 2. The maximum Gasteiger partial charge on any atom is 0.234 e. The van der Waals surface area contributed by atoms with Crippen molar-refractivity contribution in [3.05, 3.63) is 59.9 Å². The summed E-state index contributed by atoms with van der Waals surface area (Å²) in [6.07, 6.45) is 0. The Bertz CT molecular complexity index is 587. The van der Waals surface area contributed by atoms with Crippen LogP contribution in [0, 0.1) is 5.82 Å². The lowest BCUT2D eigenvalue weighted by molar-refractivity contribution is -0.113. The zero-order valence-electron chi connectivity index (χ0n) is 10.8. The van der Waals surface area contributed by atoms with Gasteiger partial charge in [-0.25, -0.2) is 4.39 Å². The van der Waals surface area contributed by atoms with Gasteiger partial charge in [0.1, 0.15) is 5.82 Å². The lowest BCUT2D eigenvalue weighted by Crippen LogP contribution is -2.15. The summed E-state index contributed by atoms with van der Waals surface area (Å²) in [6, 6.07) is 13.6. The van der Waals surface area contributed by atoms with E-state index in [1.54, 1.807) is 12.1 Å². The molecule has 1 amide bonds. The average Bonchev–Trinajstić information content (AvgIpc) is 2.44. The van der Waals surface area contributed by atoms with E-state index < -0.39 is 5.82 Å². The molecule has 0 saturated heterocycles. The van der Waals surface area contributed by atoms with Crippen molar-refractivity contribution in [2.45, 2.75) is 5.75 Å². The van der Waals surface area contributed by atoms with E-state index in [-0.39, 0.29) is 17.3 Å². The van der Waals surface area contributed by atoms with Crippen molar-refractivity contribution < 1.29 is 9.18 Å². The van der Waals surface area contributed by atoms with E-state index in [9.17, 15) is 9.18 Å². The van der Waals surface area contributed by atoms with E-state index in [2.05, 4.69) is 5.32 Å². The van der Waals surface area contributed by atoms with E-state index in [4.69, 9.17) is 5.73 Å². The molecule has 0 fully saturated rings. The summed E-state index contributed by atoms with van der Waals surface area (Å²) in [5, 5.41) is 2.55. The standard InChI is InChI=1S/C15H15FN2OS/c16-13-3-1-2-4-14(13)18-15(19)10-20-9-11-5-7-12(17)8-6-11/h1-8H,9-10,17H2,(H,18,19). The highest BCUT2D eigenvalue weighted by Gasteiger charge is 2.06. The van der Waals surface area contributed by atoms with Crippen LogP contribution in [0.2, 0.25) is 0 Å². The number of hydrogen-bond acceptors (Lipinski definition) is 3. The summed E-state index contributed by atoms with van der Waals surface area (Å²) >= 11 is 1.47. The van der Waals surface area contributed by atoms with E-state index >= 15 is 0 Å². The first-order valence-electron chi connectivity index (χ1n) is 6.11. The van der Waals surface area contributed by atoms with Crippen LogP contribution in [0.4, 0.5) is 15.8 Å². The number of para-hydroxylation sites is 1. The first-order valence-corrected chi connectivity index (χ1v) is 7.27. The SMILES string of the molecule is Nc1ccc(CSCC(=O)Nc2ccccc2F)cc1. The summed E-state index contributed by atoms with van der Waals surface area (Å²) < 4.78 is 13.3. The smallest absolute Gasteiger partial charge is 0.234 e. The van der Waals surface area contributed by atoms with Gasteiger partial charge >= 0.3 is 0 Å². The lowest BCUT2D eigenvalue weighted by Gasteiger charge is -2.06. The summed E-state index contributed by atoms with van der Waals surface area (Å²) in [4.78, 5) is 11.7. The summed E-state index contributed by atoms with van der Waals surface area (Å²) in [6.45, 7) is 0. The Balaban J connectivity index is 1.78. The number of halogens is 1. The number of nitrogen functional groups attached to an aromatic ring is 1. The number of thioether (sulfide) groups is 1. The predicted octanol–water partition coefficient (Wildman–Crippen LogP) is 3.28. The summed E-state index contributed by atoms with van der Waals surface area (Å²) in [5.41, 5.74) is 7.63. The molecule has 2 aromatic carbocycles. The second-order valence-corrected chi connectivity index (χ2v) is 5.25. The first kappa shape index (κ1) is 14.4. The molecule has 3 nitrogen and oxygen atoms in total. The van der Waals surface area contributed by atoms with Gasteiger partial charge in [-0.2, -0.15) is 0 Å². The molecular formula is C15H15FN2OS. The van der Waals surface area contributed by atoms with Crippen LogP contribution in [-0.2, 0) is 10.5 Å². The molecule has 0 atom stereocenters. The van der Waals surface area contributed by atoms with Gasteiger partial charge in [0.05, 0.1) is 11.4 Å². The van der Waals surface area contributed by atoms with E-state index in [0.717, 1.165) is 11.3 Å². The Kier molecular flexibility index (Phi) is 5.01. The van der Waals surface area contributed by atoms with E-state index in [1.807, 2.05) is 24.3 Å². The van der Waals surface area contributed by atoms with Gasteiger partial charge in [-0.05, 0) is 29.8 Å². The largest absolute Gasteiger partial charge is 0.399 e. The van der Waals surface area contributed by atoms with Crippen molar-refractivity contribution in [3.8, 4) is 0 Å². The molecule has 0 unspecified atom stereocenters. The van der Waals surface area contributed by atoms with Crippen LogP contribution >= 0.6 is 11.8 Å². The topological polar surface area (TPSA) is 55.1 Å². The molecule has 20 heavy (non-hydrogen) atoms. The Morgan fingerprint density at radius 2 is 1.85 bits per heavy atom. The van der Waals surface area contributed by atoms with Gasteiger partial charge in [0.25, 0.3) is 0 Å². The highest BCUT2D eigenvalue weighted by Crippen LogP contribution is 2.16. The Morgan fingerprint density at radius 1 is 1.15 bits per heavy atom. The molecule has 3 N–H and O–H groups in total. The lowest BCUT2D eigenvalue weighted by atomic mass is 10.2.